The van der Waals surface area contributed by atoms with E-state index in [0.717, 1.165) is 31.6 Å². The largest absolute Gasteiger partial charge is 0.303 e. The van der Waals surface area contributed by atoms with E-state index in [9.17, 15) is 4.79 Å². The monoisotopic (exact) mass is 237 g/mol. The summed E-state index contributed by atoms with van der Waals surface area (Å²) in [6, 6.07) is 0.677. The quantitative estimate of drug-likeness (QED) is 0.747. The van der Waals surface area contributed by atoms with Crippen molar-refractivity contribution in [2.24, 2.45) is 5.92 Å². The first kappa shape index (κ1) is 13.1. The van der Waals surface area contributed by atoms with Crippen molar-refractivity contribution >= 4 is 5.78 Å². The van der Waals surface area contributed by atoms with E-state index in [1.165, 1.54) is 45.1 Å². The number of carbonyl (C=O) groups excluding carboxylic acids is 1. The Labute approximate surface area is 106 Å². The minimum Gasteiger partial charge on any atom is -0.303 e. The van der Waals surface area contributed by atoms with E-state index >= 15 is 0 Å². The van der Waals surface area contributed by atoms with Gasteiger partial charge < -0.3 is 4.90 Å². The van der Waals surface area contributed by atoms with Crippen molar-refractivity contribution in [3.63, 3.8) is 0 Å². The van der Waals surface area contributed by atoms with E-state index in [1.54, 1.807) is 0 Å². The van der Waals surface area contributed by atoms with Gasteiger partial charge in [0.05, 0.1) is 0 Å². The van der Waals surface area contributed by atoms with Crippen LogP contribution in [0.3, 0.4) is 0 Å². The molecule has 17 heavy (non-hydrogen) atoms. The molecule has 2 nitrogen and oxygen atoms in total. The van der Waals surface area contributed by atoms with Crippen molar-refractivity contribution in [1.82, 2.24) is 4.90 Å². The normalized spacial score (nSPS) is 24.5. The average molecular weight is 237 g/mol. The molecule has 0 aromatic rings. The SMILES string of the molecule is CN(CCC1CCCCC1)C1CCC(=O)CC1. The van der Waals surface area contributed by atoms with E-state index in [4.69, 9.17) is 0 Å². The molecule has 2 aliphatic rings. The summed E-state index contributed by atoms with van der Waals surface area (Å²) in [5.74, 6) is 1.46. The summed E-state index contributed by atoms with van der Waals surface area (Å²) in [5, 5.41) is 0. The maximum atomic E-state index is 11.2. The second-order valence-corrected chi connectivity index (χ2v) is 6.04. The number of hydrogen-bond acceptors (Lipinski definition) is 2. The molecule has 0 aromatic carbocycles. The molecule has 0 unspecified atom stereocenters. The Bertz CT molecular complexity index is 235. The Hall–Kier alpha value is -0.370. The number of ketones is 1. The molecule has 0 spiro atoms. The van der Waals surface area contributed by atoms with Gasteiger partial charge in [-0.25, -0.2) is 0 Å². The molecule has 2 saturated carbocycles. The van der Waals surface area contributed by atoms with Gasteiger partial charge in [0.25, 0.3) is 0 Å². The standard InChI is InChI=1S/C15H27NO/c1-16(14-7-9-15(17)10-8-14)12-11-13-5-3-2-4-6-13/h13-14H,2-12H2,1H3. The van der Waals surface area contributed by atoms with E-state index in [2.05, 4.69) is 11.9 Å². The molecule has 0 aliphatic heterocycles. The van der Waals surface area contributed by atoms with Crippen LogP contribution in [0.1, 0.15) is 64.2 Å². The highest BCUT2D eigenvalue weighted by molar-refractivity contribution is 5.79. The van der Waals surface area contributed by atoms with Gasteiger partial charge >= 0.3 is 0 Å². The van der Waals surface area contributed by atoms with Gasteiger partial charge in [-0.05, 0) is 38.8 Å². The Morgan fingerprint density at radius 1 is 1.06 bits per heavy atom. The number of carbonyl (C=O) groups is 1. The maximum absolute atomic E-state index is 11.2. The smallest absolute Gasteiger partial charge is 0.133 e. The van der Waals surface area contributed by atoms with Crippen LogP contribution in [0, 0.1) is 5.92 Å². The fraction of sp³-hybridized carbons (Fsp3) is 0.933. The van der Waals surface area contributed by atoms with Gasteiger partial charge in [-0.3, -0.25) is 4.79 Å². The molecule has 0 bridgehead atoms. The van der Waals surface area contributed by atoms with Crippen molar-refractivity contribution in [3.8, 4) is 0 Å². The van der Waals surface area contributed by atoms with Gasteiger partial charge in [-0.2, -0.15) is 0 Å². The third-order valence-corrected chi connectivity index (χ3v) is 4.75. The average Bonchev–Trinajstić information content (AvgIpc) is 2.38. The van der Waals surface area contributed by atoms with Crippen LogP contribution < -0.4 is 0 Å². The molecule has 2 aliphatic carbocycles. The first-order chi connectivity index (χ1) is 8.25. The van der Waals surface area contributed by atoms with E-state index in [-0.39, 0.29) is 0 Å². The Balaban J connectivity index is 1.65. The van der Waals surface area contributed by atoms with Crippen LogP contribution in [0.2, 0.25) is 0 Å². The Morgan fingerprint density at radius 2 is 1.71 bits per heavy atom. The van der Waals surface area contributed by atoms with Crippen LogP contribution in [0.4, 0.5) is 0 Å². The molecule has 0 aromatic heterocycles. The first-order valence-electron chi connectivity index (χ1n) is 7.47. The maximum Gasteiger partial charge on any atom is 0.133 e. The molecular formula is C15H27NO. The topological polar surface area (TPSA) is 20.3 Å². The predicted octanol–water partition coefficient (Wildman–Crippen LogP) is 3.40. The summed E-state index contributed by atoms with van der Waals surface area (Å²) in [7, 11) is 2.25. The van der Waals surface area contributed by atoms with Crippen molar-refractivity contribution < 1.29 is 4.79 Å². The van der Waals surface area contributed by atoms with Gasteiger partial charge in [-0.1, -0.05) is 32.1 Å². The summed E-state index contributed by atoms with van der Waals surface area (Å²) in [5.41, 5.74) is 0. The molecule has 0 heterocycles. The summed E-state index contributed by atoms with van der Waals surface area (Å²) < 4.78 is 0. The lowest BCUT2D eigenvalue weighted by Gasteiger charge is -2.32. The highest BCUT2D eigenvalue weighted by Crippen LogP contribution is 2.27. The summed E-state index contributed by atoms with van der Waals surface area (Å²) in [6.45, 7) is 1.24. The zero-order valence-corrected chi connectivity index (χ0v) is 11.3. The van der Waals surface area contributed by atoms with Crippen LogP contribution in [-0.2, 0) is 4.79 Å². The Kier molecular flexibility index (Phi) is 5.02. The van der Waals surface area contributed by atoms with Gasteiger partial charge in [0.15, 0.2) is 0 Å². The minimum atomic E-state index is 0.474. The van der Waals surface area contributed by atoms with Crippen LogP contribution in [0.25, 0.3) is 0 Å². The summed E-state index contributed by atoms with van der Waals surface area (Å²) in [6.07, 6.45) is 12.5. The van der Waals surface area contributed by atoms with Crippen LogP contribution >= 0.6 is 0 Å². The molecule has 0 N–H and O–H groups in total. The van der Waals surface area contributed by atoms with Crippen molar-refractivity contribution in [3.05, 3.63) is 0 Å². The third kappa shape index (κ3) is 4.09. The molecule has 2 rings (SSSR count). The fourth-order valence-corrected chi connectivity index (χ4v) is 3.41. The molecule has 0 atom stereocenters. The molecule has 0 amide bonds. The molecule has 0 radical (unpaired) electrons. The fourth-order valence-electron chi connectivity index (χ4n) is 3.41. The number of nitrogens with zero attached hydrogens (tertiary/aromatic N) is 1. The Morgan fingerprint density at radius 3 is 2.35 bits per heavy atom. The molecular weight excluding hydrogens is 210 g/mol. The second-order valence-electron chi connectivity index (χ2n) is 6.04. The minimum absolute atomic E-state index is 0.474. The molecule has 98 valence electrons. The lowest BCUT2D eigenvalue weighted by atomic mass is 9.86. The zero-order valence-electron chi connectivity index (χ0n) is 11.3. The van der Waals surface area contributed by atoms with E-state index < -0.39 is 0 Å². The third-order valence-electron chi connectivity index (χ3n) is 4.75. The molecule has 2 fully saturated rings. The highest BCUT2D eigenvalue weighted by Gasteiger charge is 2.22. The van der Waals surface area contributed by atoms with Crippen LogP contribution in [0.5, 0.6) is 0 Å². The predicted molar refractivity (Wildman–Crippen MR) is 71.1 cm³/mol. The summed E-state index contributed by atoms with van der Waals surface area (Å²) in [4.78, 5) is 13.7. The van der Waals surface area contributed by atoms with Gasteiger partial charge in [0.2, 0.25) is 0 Å². The first-order valence-corrected chi connectivity index (χ1v) is 7.47. The zero-order chi connectivity index (χ0) is 12.1. The lowest BCUT2D eigenvalue weighted by molar-refractivity contribution is -0.121. The van der Waals surface area contributed by atoms with Gasteiger partial charge in [0, 0.05) is 18.9 Å². The van der Waals surface area contributed by atoms with Gasteiger partial charge in [0.1, 0.15) is 5.78 Å². The number of hydrogen-bond donors (Lipinski definition) is 0. The molecule has 0 saturated heterocycles. The molecule has 2 heteroatoms. The second kappa shape index (κ2) is 6.53. The van der Waals surface area contributed by atoms with Crippen LogP contribution in [0.15, 0.2) is 0 Å². The number of Topliss-reactive ketones (excluding diaryl/α,β-unsaturated/α-hetero) is 1. The number of rotatable bonds is 4. The lowest BCUT2D eigenvalue weighted by Crippen LogP contribution is -2.36. The van der Waals surface area contributed by atoms with Crippen LogP contribution in [-0.4, -0.2) is 30.3 Å². The van der Waals surface area contributed by atoms with Crippen molar-refractivity contribution in [2.45, 2.75) is 70.3 Å². The van der Waals surface area contributed by atoms with Crippen molar-refractivity contribution in [1.29, 1.82) is 0 Å². The van der Waals surface area contributed by atoms with Gasteiger partial charge in [-0.15, -0.1) is 0 Å². The summed E-state index contributed by atoms with van der Waals surface area (Å²) >= 11 is 0. The highest BCUT2D eigenvalue weighted by atomic mass is 16.1. The van der Waals surface area contributed by atoms with Crippen molar-refractivity contribution in [2.75, 3.05) is 13.6 Å². The van der Waals surface area contributed by atoms with E-state index in [0.29, 0.717) is 11.8 Å². The van der Waals surface area contributed by atoms with E-state index in [1.807, 2.05) is 0 Å².